The first-order valence-electron chi connectivity index (χ1n) is 3.62. The fourth-order valence-electron chi connectivity index (χ4n) is 0.802. The molecule has 1 aliphatic rings. The number of hydrogen-bond donors (Lipinski definition) is 1. The van der Waals surface area contributed by atoms with Crippen LogP contribution in [-0.4, -0.2) is 24.5 Å². The van der Waals surface area contributed by atoms with E-state index in [0.717, 1.165) is 6.92 Å². The van der Waals surface area contributed by atoms with E-state index in [2.05, 4.69) is 5.32 Å². The first-order valence-corrected chi connectivity index (χ1v) is 3.62. The van der Waals surface area contributed by atoms with Gasteiger partial charge in [0.15, 0.2) is 0 Å². The summed E-state index contributed by atoms with van der Waals surface area (Å²) in [5.74, 6) is -1.08. The quantitative estimate of drug-likeness (QED) is 0.387. The third-order valence-electron chi connectivity index (χ3n) is 1.21. The molecule has 0 unspecified atom stereocenters. The molecule has 0 aliphatic carbocycles. The molecule has 1 saturated heterocycles. The van der Waals surface area contributed by atoms with Gasteiger partial charge in [0.25, 0.3) is 0 Å². The van der Waals surface area contributed by atoms with Crippen LogP contribution < -0.4 is 40.0 Å². The van der Waals surface area contributed by atoms with Gasteiger partial charge < -0.3 is 20.7 Å². The van der Waals surface area contributed by atoms with Gasteiger partial charge in [-0.25, -0.2) is 0 Å². The predicted molar refractivity (Wildman–Crippen MR) is 41.0 cm³/mol. The van der Waals surface area contributed by atoms with Crippen LogP contribution in [0.15, 0.2) is 0 Å². The zero-order valence-corrected chi connectivity index (χ0v) is 9.85. The van der Waals surface area contributed by atoms with Crippen LogP contribution in [0, 0.1) is 0 Å². The maximum atomic E-state index is 8.89. The molecule has 5 heteroatoms. The van der Waals surface area contributed by atoms with Crippen molar-refractivity contribution < 1.29 is 44.9 Å². The fourth-order valence-corrected chi connectivity index (χ4v) is 0.802. The standard InChI is InChI=1S/C5H11N.C2H4O2.Na.H2O/c1-2-4-6-5-3-1;1-2(3)4;;/h6H,1-5H2;1H3,(H,3,4);;1H2/q;;+1;/p-1. The molecule has 1 heterocycles. The van der Waals surface area contributed by atoms with Crippen LogP contribution >= 0.6 is 0 Å². The maximum absolute atomic E-state index is 8.89. The molecule has 0 aromatic heterocycles. The smallest absolute Gasteiger partial charge is 0.550 e. The van der Waals surface area contributed by atoms with Crippen LogP contribution in [0.3, 0.4) is 0 Å². The van der Waals surface area contributed by atoms with Gasteiger partial charge in [0.2, 0.25) is 0 Å². The molecule has 3 N–H and O–H groups in total. The molecule has 0 spiro atoms. The molecular weight excluding hydrogens is 169 g/mol. The van der Waals surface area contributed by atoms with Gasteiger partial charge in [-0.15, -0.1) is 0 Å². The van der Waals surface area contributed by atoms with E-state index in [1.54, 1.807) is 0 Å². The summed E-state index contributed by atoms with van der Waals surface area (Å²) in [6.45, 7) is 3.47. The summed E-state index contributed by atoms with van der Waals surface area (Å²) in [4.78, 5) is 8.89. The molecule has 0 saturated carbocycles. The van der Waals surface area contributed by atoms with Crippen LogP contribution in [0.4, 0.5) is 0 Å². The molecule has 1 aliphatic heterocycles. The summed E-state index contributed by atoms with van der Waals surface area (Å²) in [5, 5.41) is 12.2. The van der Waals surface area contributed by atoms with Gasteiger partial charge in [-0.2, -0.15) is 0 Å². The SMILES string of the molecule is C1CCNCC1.CC(=O)[O-].O.[Na+]. The number of nitrogens with one attached hydrogen (secondary N) is 1. The first kappa shape index (κ1) is 18.2. The summed E-state index contributed by atoms with van der Waals surface area (Å²) in [5.41, 5.74) is 0. The summed E-state index contributed by atoms with van der Waals surface area (Å²) in [7, 11) is 0. The molecular formula is C7H16NNaO3. The van der Waals surface area contributed by atoms with Crippen molar-refractivity contribution in [3.63, 3.8) is 0 Å². The number of carboxylic acid groups (broad SMARTS) is 1. The molecule has 0 radical (unpaired) electrons. The Labute approximate surface area is 95.3 Å². The summed E-state index contributed by atoms with van der Waals surface area (Å²) >= 11 is 0. The van der Waals surface area contributed by atoms with Crippen molar-refractivity contribution in [3.05, 3.63) is 0 Å². The minimum atomic E-state index is -1.08. The maximum Gasteiger partial charge on any atom is 1.00 e. The third kappa shape index (κ3) is 22.4. The van der Waals surface area contributed by atoms with Crippen molar-refractivity contribution in [3.8, 4) is 0 Å². The van der Waals surface area contributed by atoms with Crippen molar-refractivity contribution >= 4 is 5.97 Å². The summed E-state index contributed by atoms with van der Waals surface area (Å²) < 4.78 is 0. The Kier molecular flexibility index (Phi) is 21.2. The van der Waals surface area contributed by atoms with Crippen molar-refractivity contribution in [1.82, 2.24) is 5.32 Å². The molecule has 0 amide bonds. The molecule has 0 bridgehead atoms. The topological polar surface area (TPSA) is 83.7 Å². The zero-order valence-electron chi connectivity index (χ0n) is 7.85. The second-order valence-corrected chi connectivity index (χ2v) is 2.30. The molecule has 12 heavy (non-hydrogen) atoms. The van der Waals surface area contributed by atoms with Gasteiger partial charge in [-0.1, -0.05) is 6.42 Å². The second-order valence-electron chi connectivity index (χ2n) is 2.30. The Morgan fingerprint density at radius 1 is 1.25 bits per heavy atom. The largest absolute Gasteiger partial charge is 1.00 e. The number of hydrogen-bond acceptors (Lipinski definition) is 3. The molecule has 0 aromatic rings. The van der Waals surface area contributed by atoms with Crippen LogP contribution in [0.2, 0.25) is 0 Å². The van der Waals surface area contributed by atoms with Crippen LogP contribution in [-0.2, 0) is 4.79 Å². The minimum Gasteiger partial charge on any atom is -0.550 e. The van der Waals surface area contributed by atoms with Gasteiger partial charge in [-0.05, 0) is 32.9 Å². The first-order chi connectivity index (χ1) is 4.73. The number of carbonyl (C=O) groups is 1. The number of aliphatic carboxylic acids is 1. The second kappa shape index (κ2) is 13.9. The van der Waals surface area contributed by atoms with Gasteiger partial charge in [0.1, 0.15) is 0 Å². The van der Waals surface area contributed by atoms with Crippen molar-refractivity contribution in [1.29, 1.82) is 0 Å². The number of carbonyl (C=O) groups excluding carboxylic acids is 1. The summed E-state index contributed by atoms with van der Waals surface area (Å²) in [6.07, 6.45) is 4.22. The van der Waals surface area contributed by atoms with Gasteiger partial charge >= 0.3 is 29.6 Å². The minimum absolute atomic E-state index is 0. The van der Waals surface area contributed by atoms with Gasteiger partial charge in [-0.3, -0.25) is 0 Å². The van der Waals surface area contributed by atoms with Crippen LogP contribution in [0.1, 0.15) is 26.2 Å². The van der Waals surface area contributed by atoms with Gasteiger partial charge in [0, 0.05) is 5.97 Å². The molecule has 68 valence electrons. The van der Waals surface area contributed by atoms with E-state index in [-0.39, 0.29) is 35.0 Å². The van der Waals surface area contributed by atoms with E-state index in [9.17, 15) is 0 Å². The van der Waals surface area contributed by atoms with E-state index in [4.69, 9.17) is 9.90 Å². The Balaban J connectivity index is -0.000000124. The fraction of sp³-hybridized carbons (Fsp3) is 0.857. The Bertz CT molecular complexity index is 81.1. The predicted octanol–water partition coefficient (Wildman–Crippen LogP) is -4.30. The normalized spacial score (nSPS) is 14.1. The summed E-state index contributed by atoms with van der Waals surface area (Å²) in [6, 6.07) is 0. The van der Waals surface area contributed by atoms with E-state index in [1.165, 1.54) is 32.4 Å². The molecule has 1 fully saturated rings. The average molecular weight is 185 g/mol. The van der Waals surface area contributed by atoms with E-state index < -0.39 is 5.97 Å². The Hall–Kier alpha value is 0.390. The number of piperidine rings is 1. The monoisotopic (exact) mass is 185 g/mol. The van der Waals surface area contributed by atoms with Crippen LogP contribution in [0.5, 0.6) is 0 Å². The molecule has 1 rings (SSSR count). The average Bonchev–Trinajstić information content (AvgIpc) is 1.90. The molecule has 4 nitrogen and oxygen atoms in total. The number of carboxylic acids is 1. The van der Waals surface area contributed by atoms with E-state index >= 15 is 0 Å². The zero-order chi connectivity index (χ0) is 7.82. The van der Waals surface area contributed by atoms with E-state index in [1.807, 2.05) is 0 Å². The molecule has 0 atom stereocenters. The Morgan fingerprint density at radius 3 is 1.67 bits per heavy atom. The Morgan fingerprint density at radius 2 is 1.58 bits per heavy atom. The third-order valence-corrected chi connectivity index (χ3v) is 1.21. The van der Waals surface area contributed by atoms with Crippen molar-refractivity contribution in [2.45, 2.75) is 26.2 Å². The molecule has 0 aromatic carbocycles. The van der Waals surface area contributed by atoms with E-state index in [0.29, 0.717) is 0 Å². The van der Waals surface area contributed by atoms with Crippen molar-refractivity contribution in [2.75, 3.05) is 13.1 Å². The van der Waals surface area contributed by atoms with Crippen LogP contribution in [0.25, 0.3) is 0 Å². The van der Waals surface area contributed by atoms with Crippen molar-refractivity contribution in [2.24, 2.45) is 0 Å². The van der Waals surface area contributed by atoms with Gasteiger partial charge in [0.05, 0.1) is 0 Å². The number of rotatable bonds is 0.